The van der Waals surface area contributed by atoms with Gasteiger partial charge in [0, 0.05) is 24.5 Å². The van der Waals surface area contributed by atoms with Gasteiger partial charge in [-0.2, -0.15) is 0 Å². The molecule has 0 unspecified atom stereocenters. The van der Waals surface area contributed by atoms with Crippen LogP contribution in [0, 0.1) is 0 Å². The number of ether oxygens (including phenoxy) is 2. The summed E-state index contributed by atoms with van der Waals surface area (Å²) in [5.74, 6) is 1.26. The molecule has 1 amide bonds. The van der Waals surface area contributed by atoms with Crippen LogP contribution in [0.4, 0.5) is 0 Å². The first kappa shape index (κ1) is 19.7. The van der Waals surface area contributed by atoms with Crippen molar-refractivity contribution >= 4 is 28.6 Å². The number of amides is 1. The number of nitrogens with zero attached hydrogens (tertiary/aromatic N) is 2. The minimum Gasteiger partial charge on any atom is -0.497 e. The molecule has 3 aromatic rings. The molecule has 0 saturated carbocycles. The van der Waals surface area contributed by atoms with Gasteiger partial charge in [0.2, 0.25) is 5.91 Å². The highest BCUT2D eigenvalue weighted by atomic mass is 32.2. The third-order valence-electron chi connectivity index (χ3n) is 5.02. The Morgan fingerprint density at radius 1 is 1.24 bits per heavy atom. The number of benzene rings is 2. The Balaban J connectivity index is 1.62. The lowest BCUT2D eigenvalue weighted by molar-refractivity contribution is -0.135. The van der Waals surface area contributed by atoms with Crippen LogP contribution in [0.3, 0.4) is 0 Å². The highest BCUT2D eigenvalue weighted by Gasteiger charge is 2.21. The maximum Gasteiger partial charge on any atom is 0.233 e. The second kappa shape index (κ2) is 8.84. The van der Waals surface area contributed by atoms with Crippen molar-refractivity contribution in [3.63, 3.8) is 0 Å². The van der Waals surface area contributed by atoms with Gasteiger partial charge in [0.25, 0.3) is 0 Å². The van der Waals surface area contributed by atoms with Gasteiger partial charge >= 0.3 is 0 Å². The molecule has 1 saturated heterocycles. The molecule has 4 rings (SSSR count). The number of carbonyl (C=O) groups is 1. The summed E-state index contributed by atoms with van der Waals surface area (Å²) in [6.45, 7) is 3.90. The van der Waals surface area contributed by atoms with E-state index in [4.69, 9.17) is 14.5 Å². The van der Waals surface area contributed by atoms with E-state index >= 15 is 0 Å². The van der Waals surface area contributed by atoms with Crippen LogP contribution in [0.25, 0.3) is 22.0 Å². The molecule has 0 N–H and O–H groups in total. The van der Waals surface area contributed by atoms with Gasteiger partial charge in [0.1, 0.15) is 5.75 Å². The average Bonchev–Trinajstić information content (AvgIpc) is 2.77. The fourth-order valence-electron chi connectivity index (χ4n) is 3.51. The summed E-state index contributed by atoms with van der Waals surface area (Å²) >= 11 is 1.48. The van der Waals surface area contributed by atoms with Crippen LogP contribution in [0.2, 0.25) is 0 Å². The van der Waals surface area contributed by atoms with E-state index < -0.39 is 0 Å². The number of thioether (sulfide) groups is 1. The average molecular weight is 409 g/mol. The van der Waals surface area contributed by atoms with Crippen LogP contribution in [0.1, 0.15) is 6.92 Å². The van der Waals surface area contributed by atoms with Crippen molar-refractivity contribution in [2.45, 2.75) is 18.1 Å². The number of hydrogen-bond acceptors (Lipinski definition) is 5. The number of fused-ring (bicyclic) bond motifs is 1. The van der Waals surface area contributed by atoms with Crippen molar-refractivity contribution in [3.8, 4) is 16.9 Å². The first-order chi connectivity index (χ1) is 14.1. The van der Waals surface area contributed by atoms with Crippen molar-refractivity contribution in [1.82, 2.24) is 9.88 Å². The minimum atomic E-state index is 0.0913. The molecule has 0 radical (unpaired) electrons. The SMILES string of the molecule is COc1ccc2c(-c3ccccc3)cc(SCC(=O)N3CCO[C@@H](C)C3)nc2c1. The number of methoxy groups -OCH3 is 1. The zero-order valence-corrected chi connectivity index (χ0v) is 17.4. The molecule has 6 heteroatoms. The molecular formula is C23H24N2O3S. The summed E-state index contributed by atoms with van der Waals surface area (Å²) < 4.78 is 10.9. The lowest BCUT2D eigenvalue weighted by Crippen LogP contribution is -2.45. The van der Waals surface area contributed by atoms with Gasteiger partial charge in [0.15, 0.2) is 0 Å². The number of rotatable bonds is 5. The molecule has 1 aromatic heterocycles. The zero-order valence-electron chi connectivity index (χ0n) is 16.6. The molecule has 0 bridgehead atoms. The number of pyridine rings is 1. The van der Waals surface area contributed by atoms with E-state index in [2.05, 4.69) is 18.2 Å². The third kappa shape index (κ3) is 4.54. The van der Waals surface area contributed by atoms with Crippen molar-refractivity contribution in [2.75, 3.05) is 32.6 Å². The molecule has 1 aliphatic rings. The lowest BCUT2D eigenvalue weighted by Gasteiger charge is -2.31. The molecule has 1 fully saturated rings. The zero-order chi connectivity index (χ0) is 20.2. The number of carbonyl (C=O) groups excluding carboxylic acids is 1. The molecule has 1 aliphatic heterocycles. The molecule has 5 nitrogen and oxygen atoms in total. The minimum absolute atomic E-state index is 0.0913. The number of hydrogen-bond donors (Lipinski definition) is 0. The summed E-state index contributed by atoms with van der Waals surface area (Å²) in [6.07, 6.45) is 0.0913. The summed E-state index contributed by atoms with van der Waals surface area (Å²) in [7, 11) is 1.65. The molecule has 150 valence electrons. The maximum absolute atomic E-state index is 12.6. The van der Waals surface area contributed by atoms with Gasteiger partial charge in [0.05, 0.1) is 36.1 Å². The predicted molar refractivity (Wildman–Crippen MR) is 116 cm³/mol. The van der Waals surface area contributed by atoms with Crippen LogP contribution in [0.5, 0.6) is 5.75 Å². The van der Waals surface area contributed by atoms with E-state index in [9.17, 15) is 4.79 Å². The van der Waals surface area contributed by atoms with Crippen LogP contribution in [0.15, 0.2) is 59.6 Å². The van der Waals surface area contributed by atoms with Gasteiger partial charge in [-0.25, -0.2) is 4.98 Å². The molecule has 1 atom stereocenters. The molecule has 2 heterocycles. The van der Waals surface area contributed by atoms with Crippen molar-refractivity contribution < 1.29 is 14.3 Å². The van der Waals surface area contributed by atoms with E-state index in [-0.39, 0.29) is 12.0 Å². The van der Waals surface area contributed by atoms with E-state index in [0.29, 0.717) is 25.4 Å². The van der Waals surface area contributed by atoms with Crippen LogP contribution >= 0.6 is 11.8 Å². The number of aromatic nitrogens is 1. The van der Waals surface area contributed by atoms with E-state index in [0.717, 1.165) is 32.8 Å². The molecule has 2 aromatic carbocycles. The van der Waals surface area contributed by atoms with E-state index in [1.54, 1.807) is 7.11 Å². The third-order valence-corrected chi connectivity index (χ3v) is 5.91. The van der Waals surface area contributed by atoms with E-state index in [1.165, 1.54) is 11.8 Å². The van der Waals surface area contributed by atoms with Crippen molar-refractivity contribution in [3.05, 3.63) is 54.6 Å². The van der Waals surface area contributed by atoms with Gasteiger partial charge in [-0.3, -0.25) is 4.79 Å². The fraction of sp³-hybridized carbons (Fsp3) is 0.304. The highest BCUT2D eigenvalue weighted by Crippen LogP contribution is 2.33. The topological polar surface area (TPSA) is 51.7 Å². The van der Waals surface area contributed by atoms with Crippen molar-refractivity contribution in [1.29, 1.82) is 0 Å². The van der Waals surface area contributed by atoms with Crippen molar-refractivity contribution in [2.24, 2.45) is 0 Å². The summed E-state index contributed by atoms with van der Waals surface area (Å²) in [5, 5.41) is 1.90. The summed E-state index contributed by atoms with van der Waals surface area (Å²) in [5.41, 5.74) is 3.09. The van der Waals surface area contributed by atoms with Crippen LogP contribution in [-0.2, 0) is 9.53 Å². The van der Waals surface area contributed by atoms with E-state index in [1.807, 2.05) is 48.2 Å². The molecule has 0 spiro atoms. The summed E-state index contributed by atoms with van der Waals surface area (Å²) in [6, 6.07) is 18.3. The second-order valence-electron chi connectivity index (χ2n) is 7.07. The summed E-state index contributed by atoms with van der Waals surface area (Å²) in [4.78, 5) is 19.3. The largest absolute Gasteiger partial charge is 0.497 e. The van der Waals surface area contributed by atoms with Crippen LogP contribution < -0.4 is 4.74 Å². The number of morpholine rings is 1. The van der Waals surface area contributed by atoms with Gasteiger partial charge in [-0.05, 0) is 36.2 Å². The Morgan fingerprint density at radius 3 is 2.83 bits per heavy atom. The first-order valence-electron chi connectivity index (χ1n) is 9.70. The Morgan fingerprint density at radius 2 is 2.07 bits per heavy atom. The molecular weight excluding hydrogens is 384 g/mol. The predicted octanol–water partition coefficient (Wildman–Crippen LogP) is 4.25. The highest BCUT2D eigenvalue weighted by molar-refractivity contribution is 7.99. The van der Waals surface area contributed by atoms with Gasteiger partial charge in [-0.1, -0.05) is 42.1 Å². The maximum atomic E-state index is 12.6. The smallest absolute Gasteiger partial charge is 0.233 e. The fourth-order valence-corrected chi connectivity index (χ4v) is 4.33. The Kier molecular flexibility index (Phi) is 6.02. The molecule has 0 aliphatic carbocycles. The Hall–Kier alpha value is -2.57. The Labute approximate surface area is 175 Å². The quantitative estimate of drug-likeness (QED) is 0.591. The van der Waals surface area contributed by atoms with Gasteiger partial charge < -0.3 is 14.4 Å². The lowest BCUT2D eigenvalue weighted by atomic mass is 10.0. The standard InChI is InChI=1S/C23H24N2O3S/c1-16-14-25(10-11-28-16)23(26)15-29-22-13-20(17-6-4-3-5-7-17)19-9-8-18(27-2)12-21(19)24-22/h3-9,12-13,16H,10-11,14-15H2,1-2H3/t16-/m0/s1. The normalized spacial score (nSPS) is 16.8. The van der Waals surface area contributed by atoms with Crippen LogP contribution in [-0.4, -0.2) is 54.5 Å². The van der Waals surface area contributed by atoms with Gasteiger partial charge in [-0.15, -0.1) is 0 Å². The second-order valence-corrected chi connectivity index (χ2v) is 8.06. The Bertz CT molecular complexity index is 1010. The molecule has 29 heavy (non-hydrogen) atoms. The monoisotopic (exact) mass is 408 g/mol. The first-order valence-corrected chi connectivity index (χ1v) is 10.7.